The van der Waals surface area contributed by atoms with E-state index in [2.05, 4.69) is 13.0 Å². The molecule has 7 heteroatoms. The molecule has 4 rings (SSSR count). The van der Waals surface area contributed by atoms with Crippen LogP contribution in [0.2, 0.25) is 0 Å². The van der Waals surface area contributed by atoms with Gasteiger partial charge in [0.15, 0.2) is 11.2 Å². The van der Waals surface area contributed by atoms with Gasteiger partial charge in [0.05, 0.1) is 18.6 Å². The SMILES string of the molecule is COC(=O)C12C(=O)C(C)=C(O)C1(C)C(C)=CC1C3(C)CCC(OC(C)=O)C(C)(C)C3C(O)CC12C. The Hall–Kier alpha value is -2.15. The maximum absolute atomic E-state index is 14.1. The van der Waals surface area contributed by atoms with E-state index in [4.69, 9.17) is 9.47 Å². The van der Waals surface area contributed by atoms with Crippen LogP contribution in [0.25, 0.3) is 0 Å². The van der Waals surface area contributed by atoms with Crippen LogP contribution >= 0.6 is 0 Å². The van der Waals surface area contributed by atoms with Gasteiger partial charge in [0.25, 0.3) is 0 Å². The Bertz CT molecular complexity index is 1070. The molecule has 7 nitrogen and oxygen atoms in total. The molecule has 0 aromatic rings. The van der Waals surface area contributed by atoms with E-state index in [9.17, 15) is 24.6 Å². The van der Waals surface area contributed by atoms with E-state index in [0.717, 1.165) is 5.57 Å². The van der Waals surface area contributed by atoms with Crippen molar-refractivity contribution in [3.8, 4) is 0 Å². The largest absolute Gasteiger partial charge is 0.511 e. The number of hydrogen-bond acceptors (Lipinski definition) is 7. The predicted octanol–water partition coefficient (Wildman–Crippen LogP) is 4.29. The molecule has 194 valence electrons. The fourth-order valence-electron chi connectivity index (χ4n) is 9.46. The Morgan fingerprint density at radius 1 is 1.11 bits per heavy atom. The first-order chi connectivity index (χ1) is 16.0. The molecule has 8 unspecified atom stereocenters. The number of fused-ring (bicyclic) bond motifs is 5. The summed E-state index contributed by atoms with van der Waals surface area (Å²) in [5, 5.41) is 23.1. The number of allylic oxidation sites excluding steroid dienone is 3. The molecule has 0 heterocycles. The lowest BCUT2D eigenvalue weighted by atomic mass is 9.33. The third-order valence-electron chi connectivity index (χ3n) is 10.8. The second-order valence-electron chi connectivity index (χ2n) is 12.6. The Balaban J connectivity index is 1.99. The van der Waals surface area contributed by atoms with Crippen molar-refractivity contribution in [2.75, 3.05) is 7.11 Å². The van der Waals surface area contributed by atoms with Crippen LogP contribution in [-0.4, -0.2) is 47.3 Å². The predicted molar refractivity (Wildman–Crippen MR) is 129 cm³/mol. The number of methoxy groups -OCH3 is 1. The van der Waals surface area contributed by atoms with E-state index in [1.165, 1.54) is 14.0 Å². The van der Waals surface area contributed by atoms with Gasteiger partial charge in [-0.15, -0.1) is 0 Å². The van der Waals surface area contributed by atoms with Crippen molar-refractivity contribution >= 4 is 17.7 Å². The van der Waals surface area contributed by atoms with Gasteiger partial charge in [0.2, 0.25) is 0 Å². The maximum atomic E-state index is 14.1. The molecule has 0 aromatic carbocycles. The second-order valence-corrected chi connectivity index (χ2v) is 12.6. The van der Waals surface area contributed by atoms with Crippen LogP contribution in [0, 0.1) is 38.9 Å². The van der Waals surface area contributed by atoms with Crippen LogP contribution in [0.3, 0.4) is 0 Å². The first-order valence-electron chi connectivity index (χ1n) is 12.6. The van der Waals surface area contributed by atoms with E-state index < -0.39 is 44.9 Å². The quantitative estimate of drug-likeness (QED) is 0.339. The number of carbonyl (C=O) groups is 3. The number of rotatable bonds is 2. The van der Waals surface area contributed by atoms with Crippen molar-refractivity contribution in [2.45, 2.75) is 86.9 Å². The molecule has 2 saturated carbocycles. The summed E-state index contributed by atoms with van der Waals surface area (Å²) in [7, 11) is 1.28. The lowest BCUT2D eigenvalue weighted by Crippen LogP contribution is -2.72. The van der Waals surface area contributed by atoms with Gasteiger partial charge in [0.1, 0.15) is 11.9 Å². The Labute approximate surface area is 207 Å². The van der Waals surface area contributed by atoms with Crippen LogP contribution < -0.4 is 0 Å². The van der Waals surface area contributed by atoms with Crippen molar-refractivity contribution in [3.63, 3.8) is 0 Å². The minimum Gasteiger partial charge on any atom is -0.511 e. The average Bonchev–Trinajstić information content (AvgIpc) is 2.91. The van der Waals surface area contributed by atoms with Gasteiger partial charge in [-0.1, -0.05) is 39.3 Å². The summed E-state index contributed by atoms with van der Waals surface area (Å²) in [5.41, 5.74) is -4.08. The van der Waals surface area contributed by atoms with Crippen LogP contribution in [-0.2, 0) is 23.9 Å². The van der Waals surface area contributed by atoms with Gasteiger partial charge in [-0.05, 0) is 57.3 Å². The number of carbonyl (C=O) groups excluding carboxylic acids is 3. The normalized spacial score (nSPS) is 46.2. The number of ether oxygens (including phenoxy) is 2. The lowest BCUT2D eigenvalue weighted by molar-refractivity contribution is -0.245. The number of Topliss-reactive ketones (excluding diaryl/α,β-unsaturated/α-hetero) is 1. The van der Waals surface area contributed by atoms with Crippen molar-refractivity contribution in [2.24, 2.45) is 38.9 Å². The summed E-state index contributed by atoms with van der Waals surface area (Å²) in [4.78, 5) is 39.7. The summed E-state index contributed by atoms with van der Waals surface area (Å²) in [6.07, 6.45) is 2.37. The highest BCUT2D eigenvalue weighted by Gasteiger charge is 2.81. The monoisotopic (exact) mass is 488 g/mol. The number of ketones is 1. The summed E-state index contributed by atoms with van der Waals surface area (Å²) >= 11 is 0. The number of aliphatic hydroxyl groups is 2. The molecule has 2 N–H and O–H groups in total. The highest BCUT2D eigenvalue weighted by Crippen LogP contribution is 2.77. The summed E-state index contributed by atoms with van der Waals surface area (Å²) in [6.45, 7) is 14.7. The van der Waals surface area contributed by atoms with E-state index in [-0.39, 0.29) is 41.7 Å². The standard InChI is InChI=1S/C28H40O7/c1-14-12-18-25(6)11-10-19(35-16(3)29)24(4,5)20(25)17(30)13-26(18,7)28(23(33)34-9)22(32)15(2)21(31)27(14,28)8/h12,17-20,30-31H,10-11,13H2,1-9H3. The van der Waals surface area contributed by atoms with Crippen LogP contribution in [0.5, 0.6) is 0 Å². The summed E-state index contributed by atoms with van der Waals surface area (Å²) in [5.74, 6) is -2.03. The van der Waals surface area contributed by atoms with Gasteiger partial charge in [-0.3, -0.25) is 14.4 Å². The van der Waals surface area contributed by atoms with Gasteiger partial charge in [-0.25, -0.2) is 0 Å². The minimum atomic E-state index is -1.70. The molecule has 0 saturated heterocycles. The Morgan fingerprint density at radius 2 is 1.71 bits per heavy atom. The van der Waals surface area contributed by atoms with Crippen LogP contribution in [0.1, 0.15) is 74.7 Å². The first kappa shape index (κ1) is 25.9. The molecular formula is C28H40O7. The Kier molecular flexibility index (Phi) is 5.51. The second kappa shape index (κ2) is 7.44. The molecular weight excluding hydrogens is 448 g/mol. The molecule has 8 atom stereocenters. The average molecular weight is 489 g/mol. The number of esters is 2. The van der Waals surface area contributed by atoms with Gasteiger partial charge >= 0.3 is 11.9 Å². The molecule has 2 fully saturated rings. The third kappa shape index (κ3) is 2.68. The van der Waals surface area contributed by atoms with E-state index in [1.54, 1.807) is 13.8 Å². The summed E-state index contributed by atoms with van der Waals surface area (Å²) in [6, 6.07) is 0. The third-order valence-corrected chi connectivity index (χ3v) is 10.8. The van der Waals surface area contributed by atoms with Crippen molar-refractivity contribution < 1.29 is 34.1 Å². The van der Waals surface area contributed by atoms with Gasteiger partial charge in [-0.2, -0.15) is 0 Å². The molecule has 4 aliphatic carbocycles. The fraction of sp³-hybridized carbons (Fsp3) is 0.750. The lowest BCUT2D eigenvalue weighted by Gasteiger charge is -2.69. The molecule has 0 aliphatic heterocycles. The maximum Gasteiger partial charge on any atom is 0.321 e. The van der Waals surface area contributed by atoms with Gasteiger partial charge < -0.3 is 19.7 Å². The Morgan fingerprint density at radius 3 is 2.26 bits per heavy atom. The molecule has 0 radical (unpaired) electrons. The van der Waals surface area contributed by atoms with Crippen molar-refractivity contribution in [1.29, 1.82) is 0 Å². The molecule has 0 bridgehead atoms. The van der Waals surface area contributed by atoms with Crippen molar-refractivity contribution in [3.05, 3.63) is 23.0 Å². The molecule has 35 heavy (non-hydrogen) atoms. The fourth-order valence-corrected chi connectivity index (χ4v) is 9.46. The smallest absolute Gasteiger partial charge is 0.321 e. The molecule has 0 spiro atoms. The van der Waals surface area contributed by atoms with Crippen LogP contribution in [0.4, 0.5) is 0 Å². The molecule has 0 amide bonds. The zero-order valence-electron chi connectivity index (χ0n) is 22.4. The highest BCUT2D eigenvalue weighted by molar-refractivity contribution is 6.17. The molecule has 4 aliphatic rings. The number of hydrogen-bond donors (Lipinski definition) is 2. The highest BCUT2D eigenvalue weighted by atomic mass is 16.5. The van der Waals surface area contributed by atoms with E-state index in [1.807, 2.05) is 27.7 Å². The van der Waals surface area contributed by atoms with Crippen LogP contribution in [0.15, 0.2) is 23.0 Å². The number of aliphatic hydroxyl groups excluding tert-OH is 2. The van der Waals surface area contributed by atoms with E-state index in [0.29, 0.717) is 12.8 Å². The summed E-state index contributed by atoms with van der Waals surface area (Å²) < 4.78 is 11.0. The first-order valence-corrected chi connectivity index (χ1v) is 12.6. The van der Waals surface area contributed by atoms with Gasteiger partial charge in [0, 0.05) is 23.3 Å². The minimum absolute atomic E-state index is 0.0954. The van der Waals surface area contributed by atoms with E-state index >= 15 is 0 Å². The zero-order chi connectivity index (χ0) is 26.5. The topological polar surface area (TPSA) is 110 Å². The zero-order valence-corrected chi connectivity index (χ0v) is 22.4. The molecule has 0 aromatic heterocycles. The van der Waals surface area contributed by atoms with Crippen molar-refractivity contribution in [1.82, 2.24) is 0 Å².